The lowest BCUT2D eigenvalue weighted by molar-refractivity contribution is 0.514. The molecule has 1 atom stereocenters. The molecule has 2 rings (SSSR count). The fourth-order valence-electron chi connectivity index (χ4n) is 1.84. The Bertz CT molecular complexity index is 400. The van der Waals surface area contributed by atoms with Crippen molar-refractivity contribution >= 4 is 0 Å². The van der Waals surface area contributed by atoms with Crippen LogP contribution in [0, 0.1) is 0 Å². The van der Waals surface area contributed by atoms with Crippen LogP contribution >= 0.6 is 0 Å². The molecule has 0 radical (unpaired) electrons. The lowest BCUT2D eigenvalue weighted by Crippen LogP contribution is -2.37. The SMILES string of the molecule is CCC(N)(c1ccccc1)c1cncnc1. The molecule has 3 heteroatoms. The van der Waals surface area contributed by atoms with Gasteiger partial charge in [-0.2, -0.15) is 0 Å². The average Bonchev–Trinajstić information content (AvgIpc) is 2.40. The summed E-state index contributed by atoms with van der Waals surface area (Å²) >= 11 is 0. The van der Waals surface area contributed by atoms with Crippen LogP contribution in [0.15, 0.2) is 49.1 Å². The molecule has 16 heavy (non-hydrogen) atoms. The summed E-state index contributed by atoms with van der Waals surface area (Å²) in [6, 6.07) is 10.1. The molecule has 0 aliphatic carbocycles. The Kier molecular flexibility index (Phi) is 2.97. The minimum Gasteiger partial charge on any atom is -0.318 e. The normalized spacial score (nSPS) is 14.4. The predicted molar refractivity (Wildman–Crippen MR) is 63.7 cm³/mol. The average molecular weight is 213 g/mol. The Hall–Kier alpha value is -1.74. The van der Waals surface area contributed by atoms with E-state index in [2.05, 4.69) is 16.9 Å². The van der Waals surface area contributed by atoms with Gasteiger partial charge in [0.15, 0.2) is 0 Å². The van der Waals surface area contributed by atoms with E-state index in [1.807, 2.05) is 30.3 Å². The topological polar surface area (TPSA) is 51.8 Å². The molecule has 2 aromatic rings. The summed E-state index contributed by atoms with van der Waals surface area (Å²) in [6.07, 6.45) is 5.89. The van der Waals surface area contributed by atoms with E-state index in [0.29, 0.717) is 0 Å². The summed E-state index contributed by atoms with van der Waals surface area (Å²) in [5.41, 5.74) is 8.00. The summed E-state index contributed by atoms with van der Waals surface area (Å²) in [5.74, 6) is 0. The van der Waals surface area contributed by atoms with Crippen LogP contribution in [0.3, 0.4) is 0 Å². The molecule has 0 saturated heterocycles. The highest BCUT2D eigenvalue weighted by atomic mass is 14.8. The molecule has 0 bridgehead atoms. The van der Waals surface area contributed by atoms with E-state index in [4.69, 9.17) is 5.73 Å². The van der Waals surface area contributed by atoms with E-state index < -0.39 is 5.54 Å². The molecule has 1 aromatic heterocycles. The maximum absolute atomic E-state index is 6.46. The van der Waals surface area contributed by atoms with Crippen molar-refractivity contribution in [1.82, 2.24) is 9.97 Å². The fraction of sp³-hybridized carbons (Fsp3) is 0.231. The number of hydrogen-bond donors (Lipinski definition) is 1. The fourth-order valence-corrected chi connectivity index (χ4v) is 1.84. The molecular weight excluding hydrogens is 198 g/mol. The minimum atomic E-state index is -0.497. The van der Waals surface area contributed by atoms with Crippen LogP contribution in [0.25, 0.3) is 0 Å². The van der Waals surface area contributed by atoms with Crippen molar-refractivity contribution in [2.75, 3.05) is 0 Å². The highest BCUT2D eigenvalue weighted by molar-refractivity contribution is 5.34. The number of benzene rings is 1. The molecule has 0 fully saturated rings. The lowest BCUT2D eigenvalue weighted by atomic mass is 9.83. The lowest BCUT2D eigenvalue weighted by Gasteiger charge is -2.28. The summed E-state index contributed by atoms with van der Waals surface area (Å²) in [7, 11) is 0. The minimum absolute atomic E-state index is 0.497. The molecule has 3 nitrogen and oxygen atoms in total. The maximum atomic E-state index is 6.46. The summed E-state index contributed by atoms with van der Waals surface area (Å²) in [6.45, 7) is 2.07. The van der Waals surface area contributed by atoms with Crippen molar-refractivity contribution in [2.24, 2.45) is 5.73 Å². The van der Waals surface area contributed by atoms with E-state index in [1.54, 1.807) is 12.4 Å². The van der Waals surface area contributed by atoms with Crippen molar-refractivity contribution in [3.63, 3.8) is 0 Å². The number of nitrogens with two attached hydrogens (primary N) is 1. The van der Waals surface area contributed by atoms with Crippen molar-refractivity contribution in [3.8, 4) is 0 Å². The highest BCUT2D eigenvalue weighted by Gasteiger charge is 2.27. The zero-order chi connectivity index (χ0) is 11.4. The van der Waals surface area contributed by atoms with Gasteiger partial charge in [0.1, 0.15) is 6.33 Å². The number of nitrogens with zero attached hydrogens (tertiary/aromatic N) is 2. The number of hydrogen-bond acceptors (Lipinski definition) is 3. The summed E-state index contributed by atoms with van der Waals surface area (Å²) < 4.78 is 0. The third-order valence-electron chi connectivity index (χ3n) is 2.92. The molecule has 1 unspecified atom stereocenters. The van der Waals surface area contributed by atoms with Crippen LogP contribution < -0.4 is 5.73 Å². The first kappa shape index (κ1) is 10.8. The standard InChI is InChI=1S/C13H15N3/c1-2-13(14,11-6-4-3-5-7-11)12-8-15-10-16-9-12/h3-10H,2,14H2,1H3. The Morgan fingerprint density at radius 3 is 2.25 bits per heavy atom. The Balaban J connectivity index is 2.49. The third kappa shape index (κ3) is 1.82. The van der Waals surface area contributed by atoms with Gasteiger partial charge in [-0.05, 0) is 12.0 Å². The molecule has 0 spiro atoms. The molecule has 0 amide bonds. The first-order chi connectivity index (χ1) is 7.77. The highest BCUT2D eigenvalue weighted by Crippen LogP contribution is 2.28. The van der Waals surface area contributed by atoms with Crippen molar-refractivity contribution in [3.05, 3.63) is 60.2 Å². The van der Waals surface area contributed by atoms with Crippen molar-refractivity contribution < 1.29 is 0 Å². The molecule has 2 N–H and O–H groups in total. The molecule has 82 valence electrons. The van der Waals surface area contributed by atoms with Crippen LogP contribution in [0.4, 0.5) is 0 Å². The Morgan fingerprint density at radius 1 is 1.06 bits per heavy atom. The molecule has 1 heterocycles. The second kappa shape index (κ2) is 4.41. The molecule has 0 saturated carbocycles. The first-order valence-electron chi connectivity index (χ1n) is 5.37. The van der Waals surface area contributed by atoms with Gasteiger partial charge in [-0.1, -0.05) is 37.3 Å². The first-order valence-corrected chi connectivity index (χ1v) is 5.37. The van der Waals surface area contributed by atoms with Gasteiger partial charge in [-0.3, -0.25) is 0 Å². The zero-order valence-electron chi connectivity index (χ0n) is 9.30. The molecule has 1 aromatic carbocycles. The van der Waals surface area contributed by atoms with Gasteiger partial charge in [0.05, 0.1) is 5.54 Å². The van der Waals surface area contributed by atoms with Crippen molar-refractivity contribution in [1.29, 1.82) is 0 Å². The van der Waals surface area contributed by atoms with Gasteiger partial charge in [-0.15, -0.1) is 0 Å². The smallest absolute Gasteiger partial charge is 0.115 e. The van der Waals surface area contributed by atoms with E-state index >= 15 is 0 Å². The van der Waals surface area contributed by atoms with Crippen LogP contribution in [-0.4, -0.2) is 9.97 Å². The zero-order valence-corrected chi connectivity index (χ0v) is 9.30. The van der Waals surface area contributed by atoms with Gasteiger partial charge < -0.3 is 5.73 Å². The van der Waals surface area contributed by atoms with Gasteiger partial charge in [0.25, 0.3) is 0 Å². The van der Waals surface area contributed by atoms with E-state index in [0.717, 1.165) is 17.5 Å². The second-order valence-electron chi connectivity index (χ2n) is 3.82. The monoisotopic (exact) mass is 213 g/mol. The Morgan fingerprint density at radius 2 is 1.69 bits per heavy atom. The van der Waals surface area contributed by atoms with Crippen LogP contribution in [0.5, 0.6) is 0 Å². The van der Waals surface area contributed by atoms with Gasteiger partial charge >= 0.3 is 0 Å². The van der Waals surface area contributed by atoms with Crippen LogP contribution in [0.1, 0.15) is 24.5 Å². The predicted octanol–water partition coefficient (Wildman–Crippen LogP) is 2.09. The van der Waals surface area contributed by atoms with Crippen molar-refractivity contribution in [2.45, 2.75) is 18.9 Å². The van der Waals surface area contributed by atoms with E-state index in [1.165, 1.54) is 6.33 Å². The number of aromatic nitrogens is 2. The van der Waals surface area contributed by atoms with E-state index in [9.17, 15) is 0 Å². The van der Waals surface area contributed by atoms with Gasteiger partial charge in [0, 0.05) is 18.0 Å². The molecular formula is C13H15N3. The largest absolute Gasteiger partial charge is 0.318 e. The maximum Gasteiger partial charge on any atom is 0.115 e. The van der Waals surface area contributed by atoms with Crippen LogP contribution in [0.2, 0.25) is 0 Å². The number of rotatable bonds is 3. The van der Waals surface area contributed by atoms with E-state index in [-0.39, 0.29) is 0 Å². The summed E-state index contributed by atoms with van der Waals surface area (Å²) in [5, 5.41) is 0. The second-order valence-corrected chi connectivity index (χ2v) is 3.82. The van der Waals surface area contributed by atoms with Gasteiger partial charge in [-0.25, -0.2) is 9.97 Å². The Labute approximate surface area is 95.4 Å². The third-order valence-corrected chi connectivity index (χ3v) is 2.92. The molecule has 0 aliphatic rings. The quantitative estimate of drug-likeness (QED) is 0.849. The summed E-state index contributed by atoms with van der Waals surface area (Å²) in [4.78, 5) is 8.07. The van der Waals surface area contributed by atoms with Gasteiger partial charge in [0.2, 0.25) is 0 Å². The molecule has 0 aliphatic heterocycles. The van der Waals surface area contributed by atoms with Crippen LogP contribution in [-0.2, 0) is 5.54 Å².